The Labute approximate surface area is 93.3 Å². The van der Waals surface area contributed by atoms with Crippen molar-refractivity contribution in [3.63, 3.8) is 0 Å². The molecule has 1 aromatic rings. The fourth-order valence-electron chi connectivity index (χ4n) is 1.93. The number of benzene rings is 1. The Balaban J connectivity index is 2.67. The molecule has 3 heteroatoms. The van der Waals surface area contributed by atoms with E-state index < -0.39 is 9.73 Å². The van der Waals surface area contributed by atoms with Crippen LogP contribution in [0.15, 0.2) is 39.6 Å². The van der Waals surface area contributed by atoms with Crippen molar-refractivity contribution >= 4 is 9.73 Å². The van der Waals surface area contributed by atoms with Gasteiger partial charge in [-0.05, 0) is 38.8 Å². The van der Waals surface area contributed by atoms with Crippen LogP contribution in [0, 0.1) is 0 Å². The smallest absolute Gasteiger partial charge is 0.0804 e. The minimum Gasteiger partial charge on any atom is -0.244 e. The zero-order chi connectivity index (χ0) is 11.8. The lowest BCUT2D eigenvalue weighted by Crippen LogP contribution is -2.34. The SMILES string of the molecule is [2H]c1ccccc1[S@]1(=O)=NCCCC1(C)C. The lowest BCUT2D eigenvalue weighted by molar-refractivity contribution is 0.544. The average molecular weight is 224 g/mol. The van der Waals surface area contributed by atoms with Gasteiger partial charge in [-0.25, -0.2) is 8.57 Å². The lowest BCUT2D eigenvalue weighted by atomic mass is 10.1. The van der Waals surface area contributed by atoms with E-state index in [2.05, 4.69) is 4.36 Å². The largest absolute Gasteiger partial charge is 0.244 e. The van der Waals surface area contributed by atoms with E-state index in [4.69, 9.17) is 1.37 Å². The first-order valence-corrected chi connectivity index (χ1v) is 6.77. The van der Waals surface area contributed by atoms with E-state index in [1.807, 2.05) is 19.9 Å². The number of hydrogen-bond donors (Lipinski definition) is 0. The summed E-state index contributed by atoms with van der Waals surface area (Å²) < 4.78 is 24.9. The van der Waals surface area contributed by atoms with E-state index in [1.54, 1.807) is 18.2 Å². The molecule has 1 heterocycles. The fourth-order valence-corrected chi connectivity index (χ4v) is 4.31. The first-order chi connectivity index (χ1) is 7.47. The lowest BCUT2D eigenvalue weighted by Gasteiger charge is -2.32. The zero-order valence-electron chi connectivity index (χ0n) is 10.2. The van der Waals surface area contributed by atoms with Crippen molar-refractivity contribution in [1.82, 2.24) is 0 Å². The maximum Gasteiger partial charge on any atom is 0.0804 e. The number of nitrogens with zero attached hydrogens (tertiary/aromatic N) is 1. The third-order valence-corrected chi connectivity index (χ3v) is 6.04. The standard InChI is InChI=1S/C12H17NOS/c1-12(2)9-6-10-13-15(12,14)11-7-4-3-5-8-11/h3-5,7-8H,6,9-10H2,1-2H3/t15-/m1/s1/i7D. The molecule has 0 amide bonds. The van der Waals surface area contributed by atoms with Crippen molar-refractivity contribution < 1.29 is 5.58 Å². The molecule has 0 aromatic heterocycles. The fraction of sp³-hybridized carbons (Fsp3) is 0.500. The van der Waals surface area contributed by atoms with E-state index in [0.717, 1.165) is 12.8 Å². The molecule has 2 rings (SSSR count). The maximum atomic E-state index is 13.0. The van der Waals surface area contributed by atoms with Crippen LogP contribution in [-0.4, -0.2) is 15.5 Å². The first kappa shape index (κ1) is 9.40. The molecular formula is C12H17NOS. The molecule has 0 spiro atoms. The molecule has 1 atom stereocenters. The van der Waals surface area contributed by atoms with Crippen LogP contribution in [0.1, 0.15) is 28.1 Å². The van der Waals surface area contributed by atoms with Crippen LogP contribution >= 0.6 is 0 Å². The molecular weight excluding hydrogens is 206 g/mol. The van der Waals surface area contributed by atoms with Crippen molar-refractivity contribution in [1.29, 1.82) is 0 Å². The van der Waals surface area contributed by atoms with Gasteiger partial charge >= 0.3 is 0 Å². The molecule has 2 nitrogen and oxygen atoms in total. The summed E-state index contributed by atoms with van der Waals surface area (Å²) >= 11 is 0. The van der Waals surface area contributed by atoms with Gasteiger partial charge in [0.15, 0.2) is 0 Å². The van der Waals surface area contributed by atoms with E-state index in [0.29, 0.717) is 17.5 Å². The second-order valence-corrected chi connectivity index (χ2v) is 7.32. The Morgan fingerprint density at radius 3 is 2.93 bits per heavy atom. The average Bonchev–Trinajstić information content (AvgIpc) is 2.23. The highest BCUT2D eigenvalue weighted by molar-refractivity contribution is 7.95. The molecule has 0 saturated carbocycles. The van der Waals surface area contributed by atoms with E-state index >= 15 is 0 Å². The van der Waals surface area contributed by atoms with E-state index in [-0.39, 0.29) is 4.75 Å². The summed E-state index contributed by atoms with van der Waals surface area (Å²) in [5, 5.41) is 0. The Hall–Kier alpha value is -0.830. The van der Waals surface area contributed by atoms with Crippen LogP contribution in [-0.2, 0) is 9.73 Å². The van der Waals surface area contributed by atoms with E-state index in [1.165, 1.54) is 0 Å². The highest BCUT2D eigenvalue weighted by Crippen LogP contribution is 2.34. The number of hydrogen-bond acceptors (Lipinski definition) is 2. The van der Waals surface area contributed by atoms with Crippen molar-refractivity contribution in [2.75, 3.05) is 6.54 Å². The van der Waals surface area contributed by atoms with Crippen LogP contribution in [0.3, 0.4) is 0 Å². The second kappa shape index (κ2) is 3.63. The van der Waals surface area contributed by atoms with Gasteiger partial charge in [-0.1, -0.05) is 18.2 Å². The van der Waals surface area contributed by atoms with Crippen LogP contribution in [0.25, 0.3) is 0 Å². The van der Waals surface area contributed by atoms with Crippen molar-refractivity contribution in [2.45, 2.75) is 36.3 Å². The van der Waals surface area contributed by atoms with Gasteiger partial charge in [0.05, 0.1) is 15.8 Å². The summed E-state index contributed by atoms with van der Waals surface area (Å²) in [6.45, 7) is 4.63. The van der Waals surface area contributed by atoms with Crippen molar-refractivity contribution in [2.24, 2.45) is 4.36 Å². The predicted octanol–water partition coefficient (Wildman–Crippen LogP) is 3.09. The van der Waals surface area contributed by atoms with Gasteiger partial charge in [-0.2, -0.15) is 0 Å². The third kappa shape index (κ3) is 1.69. The molecule has 0 bridgehead atoms. The summed E-state index contributed by atoms with van der Waals surface area (Å²) in [7, 11) is -2.44. The molecule has 0 saturated heterocycles. The Kier molecular flexibility index (Phi) is 2.28. The monoisotopic (exact) mass is 224 g/mol. The molecule has 0 N–H and O–H groups in total. The molecule has 1 aliphatic heterocycles. The Bertz CT molecular complexity index is 516. The van der Waals surface area contributed by atoms with Crippen LogP contribution in [0.4, 0.5) is 0 Å². The van der Waals surface area contributed by atoms with E-state index in [9.17, 15) is 4.21 Å². The van der Waals surface area contributed by atoms with Gasteiger partial charge in [0.25, 0.3) is 0 Å². The predicted molar refractivity (Wildman–Crippen MR) is 63.5 cm³/mol. The zero-order valence-corrected chi connectivity index (χ0v) is 10.0. The molecule has 1 aliphatic rings. The second-order valence-electron chi connectivity index (χ2n) is 4.47. The summed E-state index contributed by atoms with van der Waals surface area (Å²) in [6.07, 6.45) is 1.90. The maximum absolute atomic E-state index is 13.0. The Morgan fingerprint density at radius 1 is 1.47 bits per heavy atom. The summed E-state index contributed by atoms with van der Waals surface area (Å²) in [6, 6.07) is 7.43. The summed E-state index contributed by atoms with van der Waals surface area (Å²) in [5.41, 5.74) is 0. The summed E-state index contributed by atoms with van der Waals surface area (Å²) in [4.78, 5) is 0.597. The van der Waals surface area contributed by atoms with Gasteiger partial charge in [-0.3, -0.25) is 0 Å². The first-order valence-electron chi connectivity index (χ1n) is 5.75. The van der Waals surface area contributed by atoms with Gasteiger partial charge in [-0.15, -0.1) is 0 Å². The summed E-state index contributed by atoms with van der Waals surface area (Å²) in [5.74, 6) is 0. The van der Waals surface area contributed by atoms with Crippen LogP contribution < -0.4 is 0 Å². The van der Waals surface area contributed by atoms with Gasteiger partial charge in [0.2, 0.25) is 0 Å². The molecule has 0 radical (unpaired) electrons. The van der Waals surface area contributed by atoms with Gasteiger partial charge in [0, 0.05) is 11.4 Å². The van der Waals surface area contributed by atoms with Crippen LogP contribution in [0.5, 0.6) is 0 Å². The molecule has 0 unspecified atom stereocenters. The third-order valence-electron chi connectivity index (χ3n) is 2.94. The van der Waals surface area contributed by atoms with Crippen molar-refractivity contribution in [3.05, 3.63) is 30.3 Å². The van der Waals surface area contributed by atoms with Crippen LogP contribution in [0.2, 0.25) is 0 Å². The highest BCUT2D eigenvalue weighted by atomic mass is 32.2. The normalized spacial score (nSPS) is 30.4. The quantitative estimate of drug-likeness (QED) is 0.720. The topological polar surface area (TPSA) is 29.4 Å². The van der Waals surface area contributed by atoms with Crippen molar-refractivity contribution in [3.8, 4) is 0 Å². The highest BCUT2D eigenvalue weighted by Gasteiger charge is 2.35. The molecule has 0 fully saturated rings. The molecule has 1 aromatic carbocycles. The Morgan fingerprint density at radius 2 is 2.27 bits per heavy atom. The number of rotatable bonds is 1. The molecule has 0 aliphatic carbocycles. The molecule has 15 heavy (non-hydrogen) atoms. The molecule has 82 valence electrons. The minimum absolute atomic E-state index is 0.331. The van der Waals surface area contributed by atoms with Gasteiger partial charge < -0.3 is 0 Å². The minimum atomic E-state index is -2.44. The van der Waals surface area contributed by atoms with Gasteiger partial charge in [0.1, 0.15) is 0 Å².